The molecule has 164 valence electrons. The highest BCUT2D eigenvalue weighted by Crippen LogP contribution is 2.47. The molecule has 1 aromatic carbocycles. The van der Waals surface area contributed by atoms with Gasteiger partial charge in [-0.15, -0.1) is 24.8 Å². The van der Waals surface area contributed by atoms with Crippen LogP contribution in [0.2, 0.25) is 5.02 Å². The molecule has 0 spiro atoms. The summed E-state index contributed by atoms with van der Waals surface area (Å²) in [6, 6.07) is 9.22. The van der Waals surface area contributed by atoms with E-state index in [2.05, 4.69) is 32.9 Å². The highest BCUT2D eigenvalue weighted by Gasteiger charge is 2.42. The summed E-state index contributed by atoms with van der Waals surface area (Å²) in [5.41, 5.74) is 1.28. The molecule has 2 saturated carbocycles. The molecule has 0 amide bonds. The Bertz CT molecular complexity index is 636. The molecule has 3 nitrogen and oxygen atoms in total. The lowest BCUT2D eigenvalue weighted by Gasteiger charge is -2.39. The minimum atomic E-state index is 0. The van der Waals surface area contributed by atoms with E-state index in [0.29, 0.717) is 0 Å². The van der Waals surface area contributed by atoms with E-state index in [1.165, 1.54) is 70.5 Å². The topological polar surface area (TPSA) is 9.72 Å². The average Bonchev–Trinajstić information content (AvgIpc) is 2.85. The van der Waals surface area contributed by atoms with Crippen LogP contribution in [0.1, 0.15) is 38.5 Å². The van der Waals surface area contributed by atoms with E-state index >= 15 is 0 Å². The molecule has 4 bridgehead atoms. The maximum atomic E-state index is 6.15. The molecule has 0 aromatic heterocycles. The summed E-state index contributed by atoms with van der Waals surface area (Å²) < 4.78 is 0. The fourth-order valence-electron chi connectivity index (χ4n) is 6.56. The molecular formula is C23H36Cl3N3. The lowest BCUT2D eigenvalue weighted by molar-refractivity contribution is 0.121. The molecule has 0 radical (unpaired) electrons. The van der Waals surface area contributed by atoms with E-state index in [9.17, 15) is 0 Å². The van der Waals surface area contributed by atoms with Crippen molar-refractivity contribution in [3.63, 3.8) is 0 Å². The van der Waals surface area contributed by atoms with Crippen molar-refractivity contribution in [1.29, 1.82) is 0 Å². The van der Waals surface area contributed by atoms with Crippen molar-refractivity contribution in [2.45, 2.75) is 44.6 Å². The number of anilines is 1. The summed E-state index contributed by atoms with van der Waals surface area (Å²) in [6.07, 6.45) is 8.98. The number of hydrogen-bond acceptors (Lipinski definition) is 3. The van der Waals surface area contributed by atoms with Gasteiger partial charge < -0.3 is 9.80 Å². The normalized spacial score (nSPS) is 31.8. The maximum absolute atomic E-state index is 6.15. The molecule has 5 aliphatic rings. The summed E-state index contributed by atoms with van der Waals surface area (Å²) in [7, 11) is 0. The van der Waals surface area contributed by atoms with Gasteiger partial charge in [-0.1, -0.05) is 17.7 Å². The quantitative estimate of drug-likeness (QED) is 0.597. The van der Waals surface area contributed by atoms with E-state index in [-0.39, 0.29) is 24.8 Å². The predicted octanol–water partition coefficient (Wildman–Crippen LogP) is 5.21. The Morgan fingerprint density at radius 3 is 2.21 bits per heavy atom. The van der Waals surface area contributed by atoms with E-state index < -0.39 is 0 Å². The summed E-state index contributed by atoms with van der Waals surface area (Å²) in [5, 5.41) is 0.843. The van der Waals surface area contributed by atoms with Gasteiger partial charge in [0.25, 0.3) is 0 Å². The summed E-state index contributed by atoms with van der Waals surface area (Å²) in [5.74, 6) is 3.15. The molecule has 3 aliphatic heterocycles. The number of benzene rings is 1. The molecule has 29 heavy (non-hydrogen) atoms. The van der Waals surface area contributed by atoms with Gasteiger partial charge in [-0.05, 0) is 87.6 Å². The lowest BCUT2D eigenvalue weighted by atomic mass is 9.68. The second-order valence-corrected chi connectivity index (χ2v) is 10.0. The van der Waals surface area contributed by atoms with Crippen molar-refractivity contribution >= 4 is 42.1 Å². The zero-order valence-electron chi connectivity index (χ0n) is 17.3. The standard InChI is InChI=1S/C23H34ClN3.2ClH/c24-21-3-1-4-22(16-21)26-9-7-25(8-10-26)5-2-6-27-17-20-12-18-11-19(13-20)15-23(27)14-18;;/h1,3-4,16,18-20,23H,2,5-15,17H2;2*1H. The largest absolute Gasteiger partial charge is 0.369 e. The van der Waals surface area contributed by atoms with Crippen LogP contribution in [0.4, 0.5) is 5.69 Å². The van der Waals surface area contributed by atoms with Crippen LogP contribution in [-0.4, -0.2) is 61.7 Å². The first-order valence-electron chi connectivity index (χ1n) is 11.2. The number of nitrogens with zero attached hydrogens (tertiary/aromatic N) is 3. The molecule has 2 atom stereocenters. The Labute approximate surface area is 194 Å². The van der Waals surface area contributed by atoms with Crippen molar-refractivity contribution in [3.8, 4) is 0 Å². The smallest absolute Gasteiger partial charge is 0.0426 e. The van der Waals surface area contributed by atoms with Crippen molar-refractivity contribution < 1.29 is 0 Å². The van der Waals surface area contributed by atoms with Crippen molar-refractivity contribution in [2.24, 2.45) is 17.8 Å². The van der Waals surface area contributed by atoms with Crippen molar-refractivity contribution in [3.05, 3.63) is 29.3 Å². The van der Waals surface area contributed by atoms with Gasteiger partial charge in [0.2, 0.25) is 0 Å². The Morgan fingerprint density at radius 1 is 0.828 bits per heavy atom. The van der Waals surface area contributed by atoms with Gasteiger partial charge in [0.15, 0.2) is 0 Å². The number of fused-ring (bicyclic) bond motifs is 1. The lowest BCUT2D eigenvalue weighted by Crippen LogP contribution is -2.47. The van der Waals surface area contributed by atoms with Crippen LogP contribution >= 0.6 is 36.4 Å². The zero-order chi connectivity index (χ0) is 18.2. The van der Waals surface area contributed by atoms with Crippen LogP contribution in [-0.2, 0) is 0 Å². The highest BCUT2D eigenvalue weighted by atomic mass is 35.5. The van der Waals surface area contributed by atoms with Crippen LogP contribution < -0.4 is 4.90 Å². The molecule has 1 aromatic rings. The number of piperazine rings is 1. The summed E-state index contributed by atoms with van der Waals surface area (Å²) >= 11 is 6.15. The number of halogens is 3. The van der Waals surface area contributed by atoms with Gasteiger partial charge in [0, 0.05) is 49.5 Å². The fourth-order valence-corrected chi connectivity index (χ4v) is 6.74. The third-order valence-corrected chi connectivity index (χ3v) is 7.92. The number of hydrogen-bond donors (Lipinski definition) is 0. The Kier molecular flexibility index (Phi) is 8.43. The summed E-state index contributed by atoms with van der Waals surface area (Å²) in [6.45, 7) is 8.61. The molecule has 6 heteroatoms. The highest BCUT2D eigenvalue weighted by molar-refractivity contribution is 6.30. The number of rotatable bonds is 5. The van der Waals surface area contributed by atoms with Crippen LogP contribution in [0.25, 0.3) is 0 Å². The SMILES string of the molecule is Cl.Cl.Clc1cccc(N2CCN(CCCN3CC4CC5CC(C4)CC3C5)CC2)c1. The third-order valence-electron chi connectivity index (χ3n) is 7.69. The molecule has 2 aliphatic carbocycles. The second-order valence-electron chi connectivity index (χ2n) is 9.59. The van der Waals surface area contributed by atoms with Crippen molar-refractivity contribution in [2.75, 3.05) is 50.7 Å². The van der Waals surface area contributed by atoms with E-state index in [1.807, 2.05) is 6.07 Å². The second kappa shape index (κ2) is 10.4. The molecule has 2 unspecified atom stereocenters. The van der Waals surface area contributed by atoms with Gasteiger partial charge in [-0.2, -0.15) is 0 Å². The first kappa shape index (κ1) is 23.5. The minimum Gasteiger partial charge on any atom is -0.369 e. The van der Waals surface area contributed by atoms with Gasteiger partial charge in [0.1, 0.15) is 0 Å². The third kappa shape index (κ3) is 5.54. The Morgan fingerprint density at radius 2 is 1.52 bits per heavy atom. The molecule has 3 heterocycles. The average molecular weight is 461 g/mol. The molecule has 0 N–H and O–H groups in total. The van der Waals surface area contributed by atoms with Crippen LogP contribution in [0, 0.1) is 17.8 Å². The van der Waals surface area contributed by atoms with Crippen LogP contribution in [0.3, 0.4) is 0 Å². The van der Waals surface area contributed by atoms with Crippen LogP contribution in [0.15, 0.2) is 24.3 Å². The van der Waals surface area contributed by atoms with Gasteiger partial charge in [-0.3, -0.25) is 4.90 Å². The maximum Gasteiger partial charge on any atom is 0.0426 e. The van der Waals surface area contributed by atoms with Crippen molar-refractivity contribution in [1.82, 2.24) is 9.80 Å². The Hall–Kier alpha value is -0.190. The van der Waals surface area contributed by atoms with E-state index in [4.69, 9.17) is 11.6 Å². The Balaban J connectivity index is 0.00000120. The van der Waals surface area contributed by atoms with Crippen LogP contribution in [0.5, 0.6) is 0 Å². The first-order valence-corrected chi connectivity index (χ1v) is 11.6. The zero-order valence-corrected chi connectivity index (χ0v) is 19.7. The van der Waals surface area contributed by atoms with Gasteiger partial charge >= 0.3 is 0 Å². The first-order chi connectivity index (χ1) is 13.2. The monoisotopic (exact) mass is 459 g/mol. The van der Waals surface area contributed by atoms with E-state index in [1.54, 1.807) is 6.42 Å². The van der Waals surface area contributed by atoms with Gasteiger partial charge in [-0.25, -0.2) is 0 Å². The van der Waals surface area contributed by atoms with Gasteiger partial charge in [0.05, 0.1) is 0 Å². The molecule has 3 saturated heterocycles. The molecule has 5 fully saturated rings. The fraction of sp³-hybridized carbons (Fsp3) is 0.739. The van der Waals surface area contributed by atoms with E-state index in [0.717, 1.165) is 41.9 Å². The molecule has 6 rings (SSSR count). The predicted molar refractivity (Wildman–Crippen MR) is 128 cm³/mol. The summed E-state index contributed by atoms with van der Waals surface area (Å²) in [4.78, 5) is 8.04. The molecular weight excluding hydrogens is 425 g/mol. The minimum absolute atomic E-state index is 0.